The van der Waals surface area contributed by atoms with Crippen LogP contribution in [-0.2, 0) is 27.1 Å². The Bertz CT molecular complexity index is 1620. The Labute approximate surface area is 240 Å². The molecule has 2 aromatic carbocycles. The number of anilines is 1. The van der Waals surface area contributed by atoms with Crippen molar-refractivity contribution < 1.29 is 31.5 Å². The van der Waals surface area contributed by atoms with Gasteiger partial charge in [0.2, 0.25) is 10.0 Å². The van der Waals surface area contributed by atoms with Gasteiger partial charge in [-0.3, -0.25) is 9.52 Å². The summed E-state index contributed by atoms with van der Waals surface area (Å²) >= 11 is 0. The highest BCUT2D eigenvalue weighted by molar-refractivity contribution is 7.92. The van der Waals surface area contributed by atoms with E-state index >= 15 is 0 Å². The van der Waals surface area contributed by atoms with E-state index in [0.29, 0.717) is 0 Å². The molecule has 0 saturated heterocycles. The Kier molecular flexibility index (Phi) is 8.78. The van der Waals surface area contributed by atoms with Crippen LogP contribution in [0, 0.1) is 12.8 Å². The zero-order valence-corrected chi connectivity index (χ0v) is 25.2. The third kappa shape index (κ3) is 6.40. The molecule has 222 valence electrons. The Morgan fingerprint density at radius 1 is 1.17 bits per heavy atom. The summed E-state index contributed by atoms with van der Waals surface area (Å²) in [5.74, 6) is -0.895. The lowest BCUT2D eigenvalue weighted by Gasteiger charge is -2.38. The maximum Gasteiger partial charge on any atom is 0.281 e. The molecule has 1 amide bonds. The molecule has 0 fully saturated rings. The maximum atomic E-state index is 13.7. The van der Waals surface area contributed by atoms with Gasteiger partial charge in [-0.05, 0) is 38.1 Å². The fourth-order valence-corrected chi connectivity index (χ4v) is 6.74. The molecule has 0 bridgehead atoms. The van der Waals surface area contributed by atoms with Crippen molar-refractivity contribution in [2.24, 2.45) is 13.0 Å². The highest BCUT2D eigenvalue weighted by Gasteiger charge is 2.36. The van der Waals surface area contributed by atoms with E-state index in [1.54, 1.807) is 26.1 Å². The first-order valence-corrected chi connectivity index (χ1v) is 15.9. The lowest BCUT2D eigenvalue weighted by Crippen LogP contribution is -2.50. The van der Waals surface area contributed by atoms with Crippen LogP contribution in [0.5, 0.6) is 5.75 Å². The summed E-state index contributed by atoms with van der Waals surface area (Å²) in [4.78, 5) is 19.2. The molecule has 4 rings (SSSR count). The monoisotopic (exact) mass is 605 g/mol. The summed E-state index contributed by atoms with van der Waals surface area (Å²) in [5, 5.41) is 9.66. The number of hydrogen-bond donors (Lipinski definition) is 2. The number of amides is 1. The molecular weight excluding hydrogens is 570 g/mol. The lowest BCUT2D eigenvalue weighted by molar-refractivity contribution is 0.0389. The van der Waals surface area contributed by atoms with Crippen LogP contribution in [0.3, 0.4) is 0 Å². The zero-order chi connectivity index (χ0) is 30.1. The molecule has 2 heterocycles. The number of nitrogens with one attached hydrogen (secondary N) is 1. The largest absolute Gasteiger partial charge is 0.486 e. The van der Waals surface area contributed by atoms with Crippen molar-refractivity contribution in [3.63, 3.8) is 0 Å². The SMILES string of the molecule is Cc1ccc(S(=O)(=O)N(C)C[C@H]2Oc3c(NS(=O)(=O)c4cn(C)cn4)cccc3C(=O)N([C@@H](C)CO)C[C@H]2C)cc1. The van der Waals surface area contributed by atoms with Crippen molar-refractivity contribution in [3.05, 3.63) is 66.1 Å². The van der Waals surface area contributed by atoms with Gasteiger partial charge in [-0.15, -0.1) is 0 Å². The molecule has 1 aliphatic heterocycles. The van der Waals surface area contributed by atoms with Gasteiger partial charge < -0.3 is 19.3 Å². The predicted molar refractivity (Wildman–Crippen MR) is 153 cm³/mol. The van der Waals surface area contributed by atoms with E-state index in [-0.39, 0.29) is 46.6 Å². The predicted octanol–water partition coefficient (Wildman–Crippen LogP) is 2.07. The van der Waals surface area contributed by atoms with E-state index in [4.69, 9.17) is 4.74 Å². The summed E-state index contributed by atoms with van der Waals surface area (Å²) in [6.45, 7) is 5.16. The first-order valence-electron chi connectivity index (χ1n) is 13.0. The zero-order valence-electron chi connectivity index (χ0n) is 23.6. The van der Waals surface area contributed by atoms with Crippen LogP contribution in [0.25, 0.3) is 0 Å². The lowest BCUT2D eigenvalue weighted by atomic mass is 9.99. The molecule has 3 atom stereocenters. The van der Waals surface area contributed by atoms with Crippen LogP contribution >= 0.6 is 0 Å². The number of carbonyl (C=O) groups is 1. The smallest absolute Gasteiger partial charge is 0.281 e. The van der Waals surface area contributed by atoms with Gasteiger partial charge in [-0.25, -0.2) is 13.4 Å². The topological polar surface area (TPSA) is 151 Å². The van der Waals surface area contributed by atoms with Gasteiger partial charge in [0.15, 0.2) is 10.8 Å². The number of sulfonamides is 2. The Morgan fingerprint density at radius 3 is 2.46 bits per heavy atom. The number of hydrogen-bond acceptors (Lipinski definition) is 8. The number of imidazole rings is 1. The molecule has 0 aliphatic carbocycles. The minimum absolute atomic E-state index is 0.00116. The molecule has 1 aromatic heterocycles. The van der Waals surface area contributed by atoms with Gasteiger partial charge in [-0.2, -0.15) is 12.7 Å². The molecule has 14 heteroatoms. The normalized spacial score (nSPS) is 18.8. The van der Waals surface area contributed by atoms with E-state index in [0.717, 1.165) is 5.56 Å². The van der Waals surface area contributed by atoms with Crippen LogP contribution < -0.4 is 9.46 Å². The Hall–Kier alpha value is -3.46. The number of aryl methyl sites for hydroxylation is 2. The first-order chi connectivity index (χ1) is 19.2. The van der Waals surface area contributed by atoms with Gasteiger partial charge in [0.25, 0.3) is 15.9 Å². The number of likely N-dealkylation sites (N-methyl/N-ethyl adjacent to an activating group) is 1. The van der Waals surface area contributed by atoms with Crippen molar-refractivity contribution in [2.75, 3.05) is 31.5 Å². The van der Waals surface area contributed by atoms with Gasteiger partial charge >= 0.3 is 0 Å². The number of carbonyl (C=O) groups excluding carboxylic acids is 1. The number of aliphatic hydroxyl groups excluding tert-OH is 1. The molecule has 3 aromatic rings. The Balaban J connectivity index is 1.76. The number of rotatable bonds is 9. The third-order valence-electron chi connectivity index (χ3n) is 7.06. The van der Waals surface area contributed by atoms with Gasteiger partial charge in [0.1, 0.15) is 6.10 Å². The van der Waals surface area contributed by atoms with Gasteiger partial charge in [-0.1, -0.05) is 30.7 Å². The summed E-state index contributed by atoms with van der Waals surface area (Å²) in [7, 11) is -4.95. The number of benzene rings is 2. The molecule has 0 radical (unpaired) electrons. The van der Waals surface area contributed by atoms with Crippen LogP contribution in [0.1, 0.15) is 29.8 Å². The van der Waals surface area contributed by atoms with E-state index in [1.807, 2.05) is 13.8 Å². The second kappa shape index (κ2) is 11.8. The van der Waals surface area contributed by atoms with Crippen molar-refractivity contribution in [2.45, 2.75) is 42.8 Å². The maximum absolute atomic E-state index is 13.7. The molecule has 41 heavy (non-hydrogen) atoms. The number of para-hydroxylation sites is 1. The fourth-order valence-electron chi connectivity index (χ4n) is 4.51. The Morgan fingerprint density at radius 2 is 1.85 bits per heavy atom. The van der Waals surface area contributed by atoms with Crippen LogP contribution in [-0.4, -0.2) is 85.5 Å². The molecule has 0 saturated carbocycles. The van der Waals surface area contributed by atoms with E-state index in [1.165, 1.54) is 63.7 Å². The average molecular weight is 606 g/mol. The summed E-state index contributed by atoms with van der Waals surface area (Å²) in [5.41, 5.74) is 0.998. The molecule has 0 spiro atoms. The second-order valence-electron chi connectivity index (χ2n) is 10.4. The number of fused-ring (bicyclic) bond motifs is 1. The molecule has 12 nitrogen and oxygen atoms in total. The highest BCUT2D eigenvalue weighted by Crippen LogP contribution is 2.36. The van der Waals surface area contributed by atoms with Gasteiger partial charge in [0.05, 0.1) is 41.7 Å². The summed E-state index contributed by atoms with van der Waals surface area (Å²) in [6.07, 6.45) is 1.89. The quantitative estimate of drug-likeness (QED) is 0.376. The third-order valence-corrected chi connectivity index (χ3v) is 10.1. The first kappa shape index (κ1) is 30.5. The highest BCUT2D eigenvalue weighted by atomic mass is 32.2. The van der Waals surface area contributed by atoms with E-state index in [2.05, 4.69) is 9.71 Å². The molecule has 1 aliphatic rings. The molecular formula is C27H35N5O7S2. The number of aromatic nitrogens is 2. The summed E-state index contributed by atoms with van der Waals surface area (Å²) in [6, 6.07) is 10.4. The van der Waals surface area contributed by atoms with Crippen LogP contribution in [0.4, 0.5) is 5.69 Å². The van der Waals surface area contributed by atoms with E-state index in [9.17, 15) is 26.7 Å². The van der Waals surface area contributed by atoms with Crippen molar-refractivity contribution in [1.29, 1.82) is 0 Å². The van der Waals surface area contributed by atoms with Crippen LogP contribution in [0.2, 0.25) is 0 Å². The second-order valence-corrected chi connectivity index (χ2v) is 14.1. The van der Waals surface area contributed by atoms with Gasteiger partial charge in [0, 0.05) is 32.8 Å². The van der Waals surface area contributed by atoms with Crippen LogP contribution in [0.15, 0.2) is 64.9 Å². The average Bonchev–Trinajstić information content (AvgIpc) is 3.38. The number of nitrogens with zero attached hydrogens (tertiary/aromatic N) is 4. The van der Waals surface area contributed by atoms with Crippen molar-refractivity contribution >= 4 is 31.6 Å². The fraction of sp³-hybridized carbons (Fsp3) is 0.407. The van der Waals surface area contributed by atoms with Crippen molar-refractivity contribution in [3.8, 4) is 5.75 Å². The molecule has 2 N–H and O–H groups in total. The number of ether oxygens (including phenoxy) is 1. The molecule has 0 unspecified atom stereocenters. The van der Waals surface area contributed by atoms with Crippen molar-refractivity contribution in [1.82, 2.24) is 18.8 Å². The standard InChI is InChI=1S/C27H35N5O7S2/c1-18-9-11-21(12-10-18)41(37,38)31(5)14-24-19(2)13-32(20(3)16-33)27(34)22-7-6-8-23(26(22)39-24)29-40(35,36)25-15-30(4)17-28-25/h6-12,15,17,19-20,24,29,33H,13-14,16H2,1-5H3/t19-,20+,24-/m1/s1. The van der Waals surface area contributed by atoms with E-state index < -0.39 is 44.0 Å². The number of aliphatic hydroxyl groups is 1. The minimum atomic E-state index is -4.15. The summed E-state index contributed by atoms with van der Waals surface area (Å²) < 4.78 is 64.5. The minimum Gasteiger partial charge on any atom is -0.486 e.